The quantitative estimate of drug-likeness (QED) is 0.575. The van der Waals surface area contributed by atoms with Gasteiger partial charge in [-0.2, -0.15) is 0 Å². The molecule has 5 nitrogen and oxygen atoms in total. The van der Waals surface area contributed by atoms with E-state index >= 15 is 0 Å². The molecule has 100 valence electrons. The molecule has 0 spiro atoms. The minimum atomic E-state index is -1.19. The summed E-state index contributed by atoms with van der Waals surface area (Å²) >= 11 is 0. The summed E-state index contributed by atoms with van der Waals surface area (Å²) in [5.74, 6) is 3.54. The van der Waals surface area contributed by atoms with Crippen molar-refractivity contribution >= 4 is 17.7 Å². The van der Waals surface area contributed by atoms with Crippen LogP contribution >= 0.6 is 0 Å². The minimum Gasteiger partial charge on any atom is -0.478 e. The second kappa shape index (κ2) is 7.01. The highest BCUT2D eigenvalue weighted by Gasteiger charge is 2.10. The third kappa shape index (κ3) is 4.68. The lowest BCUT2D eigenvalue weighted by molar-refractivity contribution is 0.0697. The summed E-state index contributed by atoms with van der Waals surface area (Å²) in [5.41, 5.74) is -0.285. The summed E-state index contributed by atoms with van der Waals surface area (Å²) in [6.45, 7) is 2.01. The highest BCUT2D eigenvalue weighted by molar-refractivity contribution is 5.93. The molecule has 0 aliphatic rings. The molecule has 0 saturated carbocycles. The fourth-order valence-electron chi connectivity index (χ4n) is 1.28. The second-order valence-corrected chi connectivity index (χ2v) is 3.56. The van der Waals surface area contributed by atoms with E-state index in [1.54, 1.807) is 6.92 Å². The Kier molecular flexibility index (Phi) is 5.35. The van der Waals surface area contributed by atoms with Gasteiger partial charge in [-0.1, -0.05) is 0 Å². The molecule has 0 aromatic heterocycles. The Labute approximate surface area is 109 Å². The van der Waals surface area contributed by atoms with Crippen LogP contribution in [0.5, 0.6) is 0 Å². The van der Waals surface area contributed by atoms with Gasteiger partial charge in [0, 0.05) is 13.0 Å². The smallest absolute Gasteiger partial charge is 0.335 e. The van der Waals surface area contributed by atoms with E-state index in [1.807, 2.05) is 0 Å². The number of hydrogen-bond acceptors (Lipinski definition) is 2. The first-order chi connectivity index (χ1) is 9.04. The molecule has 0 unspecified atom stereocenters. The molecule has 0 heterocycles. The van der Waals surface area contributed by atoms with Crippen molar-refractivity contribution in [2.24, 2.45) is 0 Å². The molecule has 0 bridgehead atoms. The molecule has 0 atom stereocenters. The summed E-state index contributed by atoms with van der Waals surface area (Å²) < 4.78 is 13.4. The number of amides is 2. The standard InChI is InChI=1S/C13H13FN2O3/c1-2-3-4-7-15-13(19)16-11-8-9(12(17)18)5-6-10(11)14/h5-6,8H,4,7H2,1H3,(H,17,18)(H2,15,16,19). The van der Waals surface area contributed by atoms with Gasteiger partial charge in [0.2, 0.25) is 0 Å². The highest BCUT2D eigenvalue weighted by Crippen LogP contribution is 2.16. The first-order valence-electron chi connectivity index (χ1n) is 5.52. The number of rotatable bonds is 4. The van der Waals surface area contributed by atoms with Gasteiger partial charge in [0.05, 0.1) is 11.3 Å². The largest absolute Gasteiger partial charge is 0.478 e. The predicted octanol–water partition coefficient (Wildman–Crippen LogP) is 2.06. The average molecular weight is 264 g/mol. The molecule has 6 heteroatoms. The molecule has 0 fully saturated rings. The lowest BCUT2D eigenvalue weighted by Gasteiger charge is -2.08. The fourth-order valence-corrected chi connectivity index (χ4v) is 1.28. The molecule has 1 rings (SSSR count). The van der Waals surface area contributed by atoms with E-state index in [-0.39, 0.29) is 11.3 Å². The van der Waals surface area contributed by atoms with Crippen LogP contribution in [0.3, 0.4) is 0 Å². The van der Waals surface area contributed by atoms with Crippen LogP contribution in [0, 0.1) is 17.7 Å². The third-order valence-corrected chi connectivity index (χ3v) is 2.17. The van der Waals surface area contributed by atoms with Crippen molar-refractivity contribution < 1.29 is 19.1 Å². The molecule has 0 saturated heterocycles. The van der Waals surface area contributed by atoms with E-state index in [9.17, 15) is 14.0 Å². The van der Waals surface area contributed by atoms with Crippen LogP contribution in [-0.4, -0.2) is 23.7 Å². The van der Waals surface area contributed by atoms with Crippen molar-refractivity contribution in [1.29, 1.82) is 0 Å². The number of halogens is 1. The normalized spacial score (nSPS) is 9.16. The van der Waals surface area contributed by atoms with Gasteiger partial charge >= 0.3 is 12.0 Å². The maximum atomic E-state index is 13.4. The van der Waals surface area contributed by atoms with E-state index in [2.05, 4.69) is 22.5 Å². The zero-order chi connectivity index (χ0) is 14.3. The number of carboxylic acid groups (broad SMARTS) is 1. The number of carbonyl (C=O) groups is 2. The van der Waals surface area contributed by atoms with Crippen LogP contribution in [0.4, 0.5) is 14.9 Å². The number of benzene rings is 1. The van der Waals surface area contributed by atoms with Crippen LogP contribution in [0.1, 0.15) is 23.7 Å². The molecule has 3 N–H and O–H groups in total. The van der Waals surface area contributed by atoms with Crippen molar-refractivity contribution in [1.82, 2.24) is 5.32 Å². The lowest BCUT2D eigenvalue weighted by atomic mass is 10.2. The Morgan fingerprint density at radius 3 is 2.79 bits per heavy atom. The Balaban J connectivity index is 2.64. The molecular weight excluding hydrogens is 251 g/mol. The number of anilines is 1. The number of hydrogen-bond donors (Lipinski definition) is 3. The summed E-state index contributed by atoms with van der Waals surface area (Å²) in [7, 11) is 0. The molecule has 2 amide bonds. The monoisotopic (exact) mass is 264 g/mol. The van der Waals surface area contributed by atoms with Gasteiger partial charge in [-0.25, -0.2) is 14.0 Å². The lowest BCUT2D eigenvalue weighted by Crippen LogP contribution is -2.29. The Morgan fingerprint density at radius 2 is 2.16 bits per heavy atom. The molecular formula is C13H13FN2O3. The molecule has 0 aliphatic heterocycles. The Morgan fingerprint density at radius 1 is 1.42 bits per heavy atom. The van der Waals surface area contributed by atoms with Gasteiger partial charge in [0.15, 0.2) is 0 Å². The van der Waals surface area contributed by atoms with Gasteiger partial charge in [-0.15, -0.1) is 11.8 Å². The zero-order valence-corrected chi connectivity index (χ0v) is 10.3. The number of carbonyl (C=O) groups excluding carboxylic acids is 1. The van der Waals surface area contributed by atoms with Crippen molar-refractivity contribution in [3.05, 3.63) is 29.6 Å². The summed E-state index contributed by atoms with van der Waals surface area (Å²) in [6, 6.07) is 2.56. The summed E-state index contributed by atoms with van der Waals surface area (Å²) in [4.78, 5) is 22.2. The van der Waals surface area contributed by atoms with Crippen LogP contribution in [0.25, 0.3) is 0 Å². The van der Waals surface area contributed by atoms with E-state index < -0.39 is 17.8 Å². The molecule has 0 radical (unpaired) electrons. The van der Waals surface area contributed by atoms with Crippen LogP contribution in [-0.2, 0) is 0 Å². The number of nitrogens with one attached hydrogen (secondary N) is 2. The fraction of sp³-hybridized carbons (Fsp3) is 0.231. The summed E-state index contributed by atoms with van der Waals surface area (Å²) in [6.07, 6.45) is 0.488. The van der Waals surface area contributed by atoms with E-state index in [1.165, 1.54) is 0 Å². The topological polar surface area (TPSA) is 78.4 Å². The highest BCUT2D eigenvalue weighted by atomic mass is 19.1. The van der Waals surface area contributed by atoms with E-state index in [4.69, 9.17) is 5.11 Å². The van der Waals surface area contributed by atoms with Gasteiger partial charge in [0.25, 0.3) is 0 Å². The average Bonchev–Trinajstić information content (AvgIpc) is 2.37. The first kappa shape index (κ1) is 14.5. The maximum absolute atomic E-state index is 13.4. The minimum absolute atomic E-state index is 0.103. The maximum Gasteiger partial charge on any atom is 0.335 e. The van der Waals surface area contributed by atoms with Gasteiger partial charge in [-0.05, 0) is 25.1 Å². The zero-order valence-electron chi connectivity index (χ0n) is 10.3. The molecule has 0 aliphatic carbocycles. The van der Waals surface area contributed by atoms with Gasteiger partial charge < -0.3 is 15.7 Å². The number of aromatic carboxylic acids is 1. The SMILES string of the molecule is CC#CCCNC(=O)Nc1cc(C(=O)O)ccc1F. The number of urea groups is 1. The molecule has 1 aromatic rings. The third-order valence-electron chi connectivity index (χ3n) is 2.17. The van der Waals surface area contributed by atoms with Crippen molar-refractivity contribution in [3.63, 3.8) is 0 Å². The van der Waals surface area contributed by atoms with Crippen LogP contribution < -0.4 is 10.6 Å². The Bertz CT molecular complexity index is 547. The molecule has 1 aromatic carbocycles. The van der Waals surface area contributed by atoms with Crippen LogP contribution in [0.2, 0.25) is 0 Å². The predicted molar refractivity (Wildman–Crippen MR) is 68.4 cm³/mol. The van der Waals surface area contributed by atoms with E-state index in [0.717, 1.165) is 18.2 Å². The summed E-state index contributed by atoms with van der Waals surface area (Å²) in [5, 5.41) is 13.5. The Hall–Kier alpha value is -2.55. The van der Waals surface area contributed by atoms with Crippen molar-refractivity contribution in [3.8, 4) is 11.8 Å². The van der Waals surface area contributed by atoms with Crippen molar-refractivity contribution in [2.75, 3.05) is 11.9 Å². The van der Waals surface area contributed by atoms with Crippen LogP contribution in [0.15, 0.2) is 18.2 Å². The van der Waals surface area contributed by atoms with Gasteiger partial charge in [0.1, 0.15) is 5.82 Å². The first-order valence-corrected chi connectivity index (χ1v) is 5.52. The van der Waals surface area contributed by atoms with Gasteiger partial charge in [-0.3, -0.25) is 0 Å². The van der Waals surface area contributed by atoms with E-state index in [0.29, 0.717) is 13.0 Å². The second-order valence-electron chi connectivity index (χ2n) is 3.56. The molecule has 19 heavy (non-hydrogen) atoms. The van der Waals surface area contributed by atoms with Crippen molar-refractivity contribution in [2.45, 2.75) is 13.3 Å². The number of carboxylic acids is 1.